The van der Waals surface area contributed by atoms with E-state index >= 15 is 0 Å². The lowest BCUT2D eigenvalue weighted by Crippen LogP contribution is -2.18. The van der Waals surface area contributed by atoms with E-state index in [4.69, 9.17) is 15.0 Å². The summed E-state index contributed by atoms with van der Waals surface area (Å²) in [6.07, 6.45) is 17.8. The zero-order valence-corrected chi connectivity index (χ0v) is 36.1. The number of aromatic nitrogens is 3. The van der Waals surface area contributed by atoms with Crippen LogP contribution < -0.4 is 0 Å². The van der Waals surface area contributed by atoms with Crippen molar-refractivity contribution in [2.45, 2.75) is 24.7 Å². The standard InChI is InChI=1S/C63H41N3/c1-2-12-39(13-3-1)56-34-30-41-26-27-42-31-35-57(65-63(42)62(41)64-56)44-29-33-50-49-32-28-43(36-54(49)47-16-4-5-17-48(47)55(50)37-44)38-22-24-40(25-23-38)61-60-52-19-9-7-15-46(52)45-14-6-8-18-51(45)59(60)53-20-10-11-21-58(53)66-61/h1-2,4-12,14-37,46,52H,3,13H2. The fraction of sp³-hybridized carbons (Fsp3) is 0.0635. The van der Waals surface area contributed by atoms with Crippen molar-refractivity contribution in [3.8, 4) is 44.8 Å². The molecule has 3 heteroatoms. The summed E-state index contributed by atoms with van der Waals surface area (Å²) in [6.45, 7) is 0. The van der Waals surface area contributed by atoms with Crippen molar-refractivity contribution in [1.82, 2.24) is 15.0 Å². The van der Waals surface area contributed by atoms with E-state index < -0.39 is 0 Å². The van der Waals surface area contributed by atoms with Crippen LogP contribution in [0.2, 0.25) is 0 Å². The van der Waals surface area contributed by atoms with E-state index in [-0.39, 0.29) is 11.8 Å². The molecular formula is C63H41N3. The Morgan fingerprint density at radius 2 is 1.02 bits per heavy atom. The number of fused-ring (bicyclic) bond motifs is 17. The highest BCUT2D eigenvalue weighted by molar-refractivity contribution is 6.26. The maximum Gasteiger partial charge on any atom is 0.0972 e. The third kappa shape index (κ3) is 5.73. The van der Waals surface area contributed by atoms with Gasteiger partial charge >= 0.3 is 0 Å². The van der Waals surface area contributed by atoms with Gasteiger partial charge in [0, 0.05) is 39.1 Å². The Kier molecular flexibility index (Phi) is 8.23. The minimum Gasteiger partial charge on any atom is -0.247 e. The van der Waals surface area contributed by atoms with E-state index in [1.54, 1.807) is 0 Å². The second-order valence-electron chi connectivity index (χ2n) is 18.1. The molecule has 308 valence electrons. The Hall–Kier alpha value is -8.27. The van der Waals surface area contributed by atoms with Crippen molar-refractivity contribution in [3.05, 3.63) is 229 Å². The molecule has 3 aliphatic carbocycles. The number of para-hydroxylation sites is 1. The number of pyridine rings is 3. The van der Waals surface area contributed by atoms with Crippen LogP contribution in [0, 0.1) is 0 Å². The van der Waals surface area contributed by atoms with E-state index in [1.807, 2.05) is 0 Å². The molecular weight excluding hydrogens is 799 g/mol. The van der Waals surface area contributed by atoms with Gasteiger partial charge in [0.05, 0.1) is 33.6 Å². The summed E-state index contributed by atoms with van der Waals surface area (Å²) in [5, 5.41) is 10.9. The van der Waals surface area contributed by atoms with Crippen LogP contribution in [-0.2, 0) is 0 Å². The molecule has 0 spiro atoms. The Morgan fingerprint density at radius 1 is 0.424 bits per heavy atom. The van der Waals surface area contributed by atoms with Crippen molar-refractivity contribution in [2.75, 3.05) is 0 Å². The Bertz CT molecular complexity index is 3980. The molecule has 8 aromatic carbocycles. The first-order valence-corrected chi connectivity index (χ1v) is 23.1. The lowest BCUT2D eigenvalue weighted by Gasteiger charge is -2.35. The fourth-order valence-corrected chi connectivity index (χ4v) is 11.3. The summed E-state index contributed by atoms with van der Waals surface area (Å²) in [4.78, 5) is 16.0. The number of benzene rings is 8. The lowest BCUT2D eigenvalue weighted by molar-refractivity contribution is 0.720. The smallest absolute Gasteiger partial charge is 0.0972 e. The Balaban J connectivity index is 0.864. The molecule has 0 bridgehead atoms. The third-order valence-corrected chi connectivity index (χ3v) is 14.5. The lowest BCUT2D eigenvalue weighted by atomic mass is 9.68. The van der Waals surface area contributed by atoms with Crippen molar-refractivity contribution >= 4 is 70.6 Å². The largest absolute Gasteiger partial charge is 0.247 e. The molecule has 3 aromatic heterocycles. The highest BCUT2D eigenvalue weighted by Gasteiger charge is 2.35. The van der Waals surface area contributed by atoms with Gasteiger partial charge in [0.15, 0.2) is 0 Å². The molecule has 3 aliphatic rings. The van der Waals surface area contributed by atoms with Gasteiger partial charge in [0.2, 0.25) is 0 Å². The summed E-state index contributed by atoms with van der Waals surface area (Å²) in [5.74, 6) is 0.489. The fourth-order valence-electron chi connectivity index (χ4n) is 11.3. The molecule has 11 aromatic rings. The zero-order chi connectivity index (χ0) is 43.3. The SMILES string of the molecule is C1=CCCC(c2ccc3ccc4ccc(-c5ccc6c7ccc(-c8ccc(-c9nc%10ccccc%10c%10c9C9C=CC=CC9c9ccccc9-%10)cc8)cc7c7ccccc7c6c5)nc4c3n2)=C1. The highest BCUT2D eigenvalue weighted by Crippen LogP contribution is 2.54. The molecule has 0 saturated carbocycles. The summed E-state index contributed by atoms with van der Waals surface area (Å²) < 4.78 is 0. The molecule has 66 heavy (non-hydrogen) atoms. The van der Waals surface area contributed by atoms with E-state index in [0.717, 1.165) is 68.4 Å². The zero-order valence-electron chi connectivity index (χ0n) is 36.1. The molecule has 2 unspecified atom stereocenters. The number of rotatable bonds is 4. The molecule has 0 radical (unpaired) electrons. The average Bonchev–Trinajstić information content (AvgIpc) is 3.40. The van der Waals surface area contributed by atoms with Gasteiger partial charge in [-0.2, -0.15) is 0 Å². The topological polar surface area (TPSA) is 38.7 Å². The van der Waals surface area contributed by atoms with E-state index in [2.05, 4.69) is 212 Å². The van der Waals surface area contributed by atoms with Crippen LogP contribution in [0.5, 0.6) is 0 Å². The van der Waals surface area contributed by atoms with Gasteiger partial charge in [-0.05, 0) is 114 Å². The van der Waals surface area contributed by atoms with Crippen molar-refractivity contribution in [1.29, 1.82) is 0 Å². The van der Waals surface area contributed by atoms with Gasteiger partial charge in [-0.15, -0.1) is 0 Å². The second-order valence-corrected chi connectivity index (χ2v) is 18.1. The van der Waals surface area contributed by atoms with E-state index in [9.17, 15) is 0 Å². The molecule has 0 aliphatic heterocycles. The van der Waals surface area contributed by atoms with Gasteiger partial charge in [0.25, 0.3) is 0 Å². The predicted octanol–water partition coefficient (Wildman–Crippen LogP) is 16.5. The Labute approximate surface area is 382 Å². The minimum absolute atomic E-state index is 0.212. The van der Waals surface area contributed by atoms with Crippen LogP contribution in [0.15, 0.2) is 212 Å². The van der Waals surface area contributed by atoms with Crippen LogP contribution in [0.3, 0.4) is 0 Å². The van der Waals surface area contributed by atoms with Gasteiger partial charge in [-0.25, -0.2) is 15.0 Å². The van der Waals surface area contributed by atoms with Crippen molar-refractivity contribution < 1.29 is 0 Å². The predicted molar refractivity (Wildman–Crippen MR) is 277 cm³/mol. The number of allylic oxidation sites excluding steroid dienone is 8. The van der Waals surface area contributed by atoms with Gasteiger partial charge in [0.1, 0.15) is 0 Å². The molecule has 0 N–H and O–H groups in total. The average molecular weight is 840 g/mol. The first-order valence-electron chi connectivity index (χ1n) is 23.1. The van der Waals surface area contributed by atoms with Crippen LogP contribution in [-0.4, -0.2) is 15.0 Å². The van der Waals surface area contributed by atoms with E-state index in [1.165, 1.54) is 76.7 Å². The van der Waals surface area contributed by atoms with Crippen LogP contribution in [0.4, 0.5) is 0 Å². The quantitative estimate of drug-likeness (QED) is 0.166. The normalized spacial score (nSPS) is 16.3. The number of hydrogen-bond acceptors (Lipinski definition) is 3. The van der Waals surface area contributed by atoms with Gasteiger partial charge in [-0.1, -0.05) is 182 Å². The summed E-state index contributed by atoms with van der Waals surface area (Å²) in [7, 11) is 0. The summed E-state index contributed by atoms with van der Waals surface area (Å²) in [5.41, 5.74) is 17.2. The van der Waals surface area contributed by atoms with Crippen LogP contribution >= 0.6 is 0 Å². The van der Waals surface area contributed by atoms with Crippen molar-refractivity contribution in [2.24, 2.45) is 0 Å². The minimum atomic E-state index is 0.212. The molecule has 0 fully saturated rings. The monoisotopic (exact) mass is 839 g/mol. The number of hydrogen-bond donors (Lipinski definition) is 0. The van der Waals surface area contributed by atoms with Crippen LogP contribution in [0.1, 0.15) is 41.5 Å². The molecule has 0 saturated heterocycles. The van der Waals surface area contributed by atoms with E-state index in [0.29, 0.717) is 0 Å². The first kappa shape index (κ1) is 37.1. The van der Waals surface area contributed by atoms with Crippen molar-refractivity contribution in [3.63, 3.8) is 0 Å². The third-order valence-electron chi connectivity index (χ3n) is 14.5. The molecule has 2 atom stereocenters. The van der Waals surface area contributed by atoms with Crippen LogP contribution in [0.25, 0.3) is 115 Å². The molecule has 14 rings (SSSR count). The highest BCUT2D eigenvalue weighted by atomic mass is 14.8. The molecule has 3 heterocycles. The first-order chi connectivity index (χ1) is 32.7. The van der Waals surface area contributed by atoms with Gasteiger partial charge < -0.3 is 0 Å². The van der Waals surface area contributed by atoms with Gasteiger partial charge in [-0.3, -0.25) is 0 Å². The summed E-state index contributed by atoms with van der Waals surface area (Å²) in [6, 6.07) is 62.4. The summed E-state index contributed by atoms with van der Waals surface area (Å²) >= 11 is 0. The second kappa shape index (κ2) is 14.6. The maximum absolute atomic E-state index is 5.43. The Morgan fingerprint density at radius 3 is 1.77 bits per heavy atom. The maximum atomic E-state index is 5.43. The number of nitrogens with zero attached hydrogens (tertiary/aromatic N) is 3. The molecule has 3 nitrogen and oxygen atoms in total. The molecule has 0 amide bonds.